The van der Waals surface area contributed by atoms with Gasteiger partial charge in [-0.05, 0) is 37.0 Å². The van der Waals surface area contributed by atoms with Crippen molar-refractivity contribution in [3.05, 3.63) is 35.4 Å². The second-order valence-corrected chi connectivity index (χ2v) is 7.38. The zero-order valence-electron chi connectivity index (χ0n) is 16.7. The number of aromatic carboxylic acids is 1. The van der Waals surface area contributed by atoms with Gasteiger partial charge in [0.25, 0.3) is 11.8 Å². The Morgan fingerprint density at radius 3 is 1.90 bits per heavy atom. The number of carbonyl (C=O) groups is 4. The van der Waals surface area contributed by atoms with Gasteiger partial charge in [0.05, 0.1) is 5.56 Å². The first-order valence-corrected chi connectivity index (χ1v) is 10.4. The van der Waals surface area contributed by atoms with Crippen molar-refractivity contribution in [1.82, 2.24) is 5.06 Å². The van der Waals surface area contributed by atoms with Gasteiger partial charge in [-0.15, -0.1) is 5.06 Å². The lowest BCUT2D eigenvalue weighted by atomic mass is 10.0. The molecule has 29 heavy (non-hydrogen) atoms. The maximum atomic E-state index is 11.7. The van der Waals surface area contributed by atoms with Gasteiger partial charge in [0.15, 0.2) is 0 Å². The SMILES string of the molecule is O=C(CCCCCCCCCCc1ccc(C(=O)O)cc1)ON1C(=O)CCC1=O. The summed E-state index contributed by atoms with van der Waals surface area (Å²) in [5.41, 5.74) is 1.49. The summed E-state index contributed by atoms with van der Waals surface area (Å²) in [6, 6.07) is 7.05. The van der Waals surface area contributed by atoms with E-state index in [1.807, 2.05) is 12.1 Å². The quantitative estimate of drug-likeness (QED) is 0.394. The van der Waals surface area contributed by atoms with E-state index in [0.29, 0.717) is 17.0 Å². The third kappa shape index (κ3) is 8.05. The predicted molar refractivity (Wildman–Crippen MR) is 106 cm³/mol. The Morgan fingerprint density at radius 1 is 0.828 bits per heavy atom. The molecule has 7 nitrogen and oxygen atoms in total. The molecule has 1 heterocycles. The summed E-state index contributed by atoms with van der Waals surface area (Å²) in [7, 11) is 0. The van der Waals surface area contributed by atoms with Gasteiger partial charge in [-0.3, -0.25) is 9.59 Å². The van der Waals surface area contributed by atoms with E-state index in [1.54, 1.807) is 12.1 Å². The molecule has 1 saturated heterocycles. The molecule has 7 heteroatoms. The Labute approximate surface area is 171 Å². The Hall–Kier alpha value is -2.70. The van der Waals surface area contributed by atoms with E-state index in [4.69, 9.17) is 9.94 Å². The first-order valence-electron chi connectivity index (χ1n) is 10.4. The van der Waals surface area contributed by atoms with E-state index in [2.05, 4.69) is 0 Å². The highest BCUT2D eigenvalue weighted by Crippen LogP contribution is 2.15. The Bertz CT molecular complexity index is 697. The summed E-state index contributed by atoms with van der Waals surface area (Å²) < 4.78 is 0. The molecular formula is C22H29NO6. The van der Waals surface area contributed by atoms with Gasteiger partial charge in [-0.25, -0.2) is 9.59 Å². The molecule has 0 aliphatic carbocycles. The normalized spacial score (nSPS) is 13.7. The number of carboxylic acids is 1. The minimum atomic E-state index is -0.898. The van der Waals surface area contributed by atoms with Crippen molar-refractivity contribution >= 4 is 23.8 Å². The number of carbonyl (C=O) groups excluding carboxylic acids is 3. The Morgan fingerprint density at radius 2 is 1.34 bits per heavy atom. The van der Waals surface area contributed by atoms with E-state index in [1.165, 1.54) is 5.56 Å². The molecule has 1 aromatic rings. The lowest BCUT2D eigenvalue weighted by Gasteiger charge is -2.12. The van der Waals surface area contributed by atoms with Gasteiger partial charge >= 0.3 is 11.9 Å². The van der Waals surface area contributed by atoms with E-state index in [0.717, 1.165) is 51.4 Å². The molecule has 1 aliphatic heterocycles. The van der Waals surface area contributed by atoms with Crippen LogP contribution in [0.1, 0.15) is 86.6 Å². The minimum Gasteiger partial charge on any atom is -0.478 e. The van der Waals surface area contributed by atoms with Crippen molar-refractivity contribution in [2.75, 3.05) is 0 Å². The molecule has 2 rings (SSSR count). The Balaban J connectivity index is 1.42. The number of unbranched alkanes of at least 4 members (excludes halogenated alkanes) is 7. The molecule has 0 bridgehead atoms. The average Bonchev–Trinajstić information content (AvgIpc) is 3.01. The first-order chi connectivity index (χ1) is 14.0. The van der Waals surface area contributed by atoms with Crippen molar-refractivity contribution in [3.8, 4) is 0 Å². The van der Waals surface area contributed by atoms with Crippen LogP contribution in [-0.4, -0.2) is 33.9 Å². The van der Waals surface area contributed by atoms with E-state index in [-0.39, 0.29) is 19.3 Å². The second kappa shape index (κ2) is 12.0. The van der Waals surface area contributed by atoms with Gasteiger partial charge < -0.3 is 9.94 Å². The van der Waals surface area contributed by atoms with E-state index >= 15 is 0 Å². The summed E-state index contributed by atoms with van der Waals surface area (Å²) in [4.78, 5) is 50.1. The number of imide groups is 1. The van der Waals surface area contributed by atoms with Crippen LogP contribution >= 0.6 is 0 Å². The number of benzene rings is 1. The summed E-state index contributed by atoms with van der Waals surface area (Å²) in [6.07, 6.45) is 9.74. The van der Waals surface area contributed by atoms with Crippen LogP contribution in [-0.2, 0) is 25.6 Å². The smallest absolute Gasteiger partial charge is 0.335 e. The summed E-state index contributed by atoms with van der Waals surface area (Å²) in [5, 5.41) is 9.48. The molecule has 1 aliphatic rings. The monoisotopic (exact) mass is 403 g/mol. The zero-order valence-corrected chi connectivity index (χ0v) is 16.7. The molecule has 0 atom stereocenters. The summed E-state index contributed by atoms with van der Waals surface area (Å²) >= 11 is 0. The van der Waals surface area contributed by atoms with Crippen LogP contribution in [0.15, 0.2) is 24.3 Å². The van der Waals surface area contributed by atoms with Crippen LogP contribution in [0.5, 0.6) is 0 Å². The Kier molecular flexibility index (Phi) is 9.34. The van der Waals surface area contributed by atoms with Crippen LogP contribution in [0.2, 0.25) is 0 Å². The van der Waals surface area contributed by atoms with Crippen LogP contribution in [0.3, 0.4) is 0 Å². The highest BCUT2D eigenvalue weighted by Gasteiger charge is 2.32. The van der Waals surface area contributed by atoms with Gasteiger partial charge in [0.1, 0.15) is 0 Å². The number of nitrogens with zero attached hydrogens (tertiary/aromatic N) is 1. The molecule has 0 unspecified atom stereocenters. The highest BCUT2D eigenvalue weighted by atomic mass is 16.7. The third-order valence-corrected chi connectivity index (χ3v) is 5.00. The highest BCUT2D eigenvalue weighted by molar-refractivity contribution is 6.01. The van der Waals surface area contributed by atoms with Gasteiger partial charge in [-0.1, -0.05) is 50.7 Å². The number of rotatable bonds is 13. The van der Waals surface area contributed by atoms with Crippen molar-refractivity contribution in [3.63, 3.8) is 0 Å². The van der Waals surface area contributed by atoms with E-state index < -0.39 is 23.8 Å². The average molecular weight is 403 g/mol. The topological polar surface area (TPSA) is 101 Å². The lowest BCUT2D eigenvalue weighted by molar-refractivity contribution is -0.197. The van der Waals surface area contributed by atoms with Crippen molar-refractivity contribution in [1.29, 1.82) is 0 Å². The van der Waals surface area contributed by atoms with Crippen molar-refractivity contribution in [2.45, 2.75) is 77.0 Å². The summed E-state index contributed by atoms with van der Waals surface area (Å²) in [5.74, 6) is -2.31. The van der Waals surface area contributed by atoms with E-state index in [9.17, 15) is 19.2 Å². The van der Waals surface area contributed by atoms with Crippen molar-refractivity contribution in [2.24, 2.45) is 0 Å². The number of hydrogen-bond donors (Lipinski definition) is 1. The molecule has 2 amide bonds. The number of carboxylic acid groups (broad SMARTS) is 1. The lowest BCUT2D eigenvalue weighted by Crippen LogP contribution is -2.31. The maximum absolute atomic E-state index is 11.7. The maximum Gasteiger partial charge on any atom is 0.335 e. The summed E-state index contributed by atoms with van der Waals surface area (Å²) in [6.45, 7) is 0. The molecule has 0 radical (unpaired) electrons. The standard InChI is InChI=1S/C22H29NO6/c24-19-15-16-20(25)23(19)29-21(26)10-8-6-4-2-1-3-5-7-9-17-11-13-18(14-12-17)22(27)28/h11-14H,1-10,15-16H2,(H,27,28). The van der Waals surface area contributed by atoms with Crippen LogP contribution in [0.4, 0.5) is 0 Å². The molecule has 0 aromatic heterocycles. The number of amides is 2. The van der Waals surface area contributed by atoms with Crippen molar-refractivity contribution < 1.29 is 29.1 Å². The number of aryl methyl sites for hydroxylation is 1. The fourth-order valence-corrected chi connectivity index (χ4v) is 3.28. The fraction of sp³-hybridized carbons (Fsp3) is 0.545. The predicted octanol–water partition coefficient (Wildman–Crippen LogP) is 4.05. The molecule has 1 N–H and O–H groups in total. The first kappa shape index (κ1) is 22.6. The number of hydrogen-bond acceptors (Lipinski definition) is 5. The van der Waals surface area contributed by atoms with Gasteiger partial charge in [0.2, 0.25) is 0 Å². The molecule has 1 fully saturated rings. The van der Waals surface area contributed by atoms with Crippen LogP contribution in [0, 0.1) is 0 Å². The van der Waals surface area contributed by atoms with Crippen LogP contribution < -0.4 is 0 Å². The third-order valence-electron chi connectivity index (χ3n) is 5.00. The molecular weight excluding hydrogens is 374 g/mol. The molecule has 0 spiro atoms. The van der Waals surface area contributed by atoms with Gasteiger partial charge in [-0.2, -0.15) is 0 Å². The van der Waals surface area contributed by atoms with Gasteiger partial charge in [0, 0.05) is 19.3 Å². The van der Waals surface area contributed by atoms with Crippen LogP contribution in [0.25, 0.3) is 0 Å². The second-order valence-electron chi connectivity index (χ2n) is 7.38. The minimum absolute atomic E-state index is 0.114. The zero-order chi connectivity index (χ0) is 21.1. The fourth-order valence-electron chi connectivity index (χ4n) is 3.28. The molecule has 1 aromatic carbocycles. The largest absolute Gasteiger partial charge is 0.478 e. The number of hydroxylamine groups is 2. The molecule has 0 saturated carbocycles. The molecule has 158 valence electrons.